The van der Waals surface area contributed by atoms with Crippen molar-refractivity contribution >= 4 is 11.9 Å². The Balaban J connectivity index is 2.23. The highest BCUT2D eigenvalue weighted by Crippen LogP contribution is 2.44. The fraction of sp³-hybridized carbons (Fsp3) is 0.524. The first-order valence-electron chi connectivity index (χ1n) is 9.15. The Labute approximate surface area is 149 Å². The average Bonchev–Trinajstić information content (AvgIpc) is 2.65. The van der Waals surface area contributed by atoms with E-state index in [2.05, 4.69) is 0 Å². The van der Waals surface area contributed by atoms with Gasteiger partial charge in [0.15, 0.2) is 0 Å². The topological polar surface area (TPSA) is 63.6 Å². The van der Waals surface area contributed by atoms with Gasteiger partial charge >= 0.3 is 11.9 Å². The van der Waals surface area contributed by atoms with E-state index < -0.39 is 17.4 Å². The number of aliphatic carboxylic acids is 1. The van der Waals surface area contributed by atoms with Gasteiger partial charge in [-0.25, -0.2) is 9.59 Å². The first kappa shape index (κ1) is 19.2. The molecule has 1 unspecified atom stereocenters. The number of carboxylic acids is 1. The Morgan fingerprint density at radius 3 is 2.40 bits per heavy atom. The molecule has 1 fully saturated rings. The number of ether oxygens (including phenoxy) is 1. The van der Waals surface area contributed by atoms with Crippen molar-refractivity contribution in [2.75, 3.05) is 6.61 Å². The number of carboxylic acid groups (broad SMARTS) is 1. The lowest BCUT2D eigenvalue weighted by atomic mass is 9.66. The van der Waals surface area contributed by atoms with Gasteiger partial charge in [-0.2, -0.15) is 0 Å². The molecule has 0 radical (unpaired) electrons. The zero-order chi connectivity index (χ0) is 18.3. The van der Waals surface area contributed by atoms with Gasteiger partial charge in [-0.3, -0.25) is 0 Å². The number of esters is 1. The minimum absolute atomic E-state index is 0.101. The van der Waals surface area contributed by atoms with E-state index in [-0.39, 0.29) is 12.5 Å². The van der Waals surface area contributed by atoms with Crippen molar-refractivity contribution in [3.63, 3.8) is 0 Å². The van der Waals surface area contributed by atoms with Gasteiger partial charge in [0.05, 0.1) is 5.56 Å². The molecule has 0 heterocycles. The second-order valence-electron chi connectivity index (χ2n) is 7.03. The number of carbonyl (C=O) groups excluding carboxylic acids is 1. The van der Waals surface area contributed by atoms with Crippen molar-refractivity contribution < 1.29 is 19.4 Å². The summed E-state index contributed by atoms with van der Waals surface area (Å²) < 4.78 is 5.58. The summed E-state index contributed by atoms with van der Waals surface area (Å²) in [7, 11) is 0. The fourth-order valence-electron chi connectivity index (χ4n) is 3.80. The molecule has 4 heteroatoms. The normalized spacial score (nSPS) is 18.4. The summed E-state index contributed by atoms with van der Waals surface area (Å²) in [4.78, 5) is 24.2. The van der Waals surface area contributed by atoms with Crippen LogP contribution in [0.5, 0.6) is 0 Å². The molecule has 0 spiro atoms. The van der Waals surface area contributed by atoms with Crippen molar-refractivity contribution in [1.82, 2.24) is 0 Å². The largest absolute Gasteiger partial charge is 0.478 e. The number of rotatable bonds is 7. The van der Waals surface area contributed by atoms with Crippen molar-refractivity contribution in [2.24, 2.45) is 11.3 Å². The third kappa shape index (κ3) is 4.71. The van der Waals surface area contributed by atoms with Gasteiger partial charge in [-0.15, -0.1) is 0 Å². The maximum Gasteiger partial charge on any atom is 0.338 e. The zero-order valence-corrected chi connectivity index (χ0v) is 15.2. The van der Waals surface area contributed by atoms with Crippen LogP contribution in [0.1, 0.15) is 62.7 Å². The van der Waals surface area contributed by atoms with Crippen LogP contribution in [-0.4, -0.2) is 23.7 Å². The molecule has 4 nitrogen and oxygen atoms in total. The van der Waals surface area contributed by atoms with E-state index >= 15 is 0 Å². The monoisotopic (exact) mass is 344 g/mol. The van der Waals surface area contributed by atoms with Crippen LogP contribution in [0.2, 0.25) is 0 Å². The summed E-state index contributed by atoms with van der Waals surface area (Å²) in [5.41, 5.74) is 0.208. The molecule has 0 aromatic heterocycles. The summed E-state index contributed by atoms with van der Waals surface area (Å²) in [5.74, 6) is -1.09. The molecule has 0 saturated heterocycles. The predicted molar refractivity (Wildman–Crippen MR) is 97.4 cm³/mol. The molecule has 1 saturated carbocycles. The molecule has 0 bridgehead atoms. The van der Waals surface area contributed by atoms with Gasteiger partial charge < -0.3 is 9.84 Å². The second kappa shape index (κ2) is 8.84. The molecule has 2 rings (SSSR count). The minimum atomic E-state index is -0.911. The zero-order valence-electron chi connectivity index (χ0n) is 15.2. The smallest absolute Gasteiger partial charge is 0.338 e. The van der Waals surface area contributed by atoms with Gasteiger partial charge in [0.25, 0.3) is 0 Å². The van der Waals surface area contributed by atoms with Crippen LogP contribution < -0.4 is 0 Å². The second-order valence-corrected chi connectivity index (χ2v) is 7.03. The van der Waals surface area contributed by atoms with Gasteiger partial charge in [0.2, 0.25) is 0 Å². The maximum absolute atomic E-state index is 12.3. The van der Waals surface area contributed by atoms with Crippen molar-refractivity contribution in [1.29, 1.82) is 0 Å². The SMILES string of the molecule is CCC=C(C(=O)O)C(C)(COC(=O)c1ccccc1)C1CCCCC1. The Morgan fingerprint density at radius 1 is 1.20 bits per heavy atom. The van der Waals surface area contributed by atoms with Crippen LogP contribution in [-0.2, 0) is 9.53 Å². The van der Waals surface area contributed by atoms with Crippen molar-refractivity contribution in [3.05, 3.63) is 47.5 Å². The van der Waals surface area contributed by atoms with Crippen LogP contribution in [0.15, 0.2) is 42.0 Å². The van der Waals surface area contributed by atoms with Crippen LogP contribution in [0.25, 0.3) is 0 Å². The van der Waals surface area contributed by atoms with Gasteiger partial charge in [-0.05, 0) is 37.3 Å². The highest BCUT2D eigenvalue weighted by atomic mass is 16.5. The van der Waals surface area contributed by atoms with Crippen molar-refractivity contribution in [2.45, 2.75) is 52.4 Å². The van der Waals surface area contributed by atoms with E-state index in [0.717, 1.165) is 25.7 Å². The molecule has 1 aromatic carbocycles. The van der Waals surface area contributed by atoms with E-state index in [0.29, 0.717) is 17.6 Å². The first-order chi connectivity index (χ1) is 12.0. The molecule has 1 aromatic rings. The molecular formula is C21H28O4. The van der Waals surface area contributed by atoms with E-state index in [9.17, 15) is 14.7 Å². The summed E-state index contributed by atoms with van der Waals surface area (Å²) in [6.07, 6.45) is 7.78. The maximum atomic E-state index is 12.3. The van der Waals surface area contributed by atoms with E-state index in [1.54, 1.807) is 30.3 Å². The van der Waals surface area contributed by atoms with Crippen LogP contribution >= 0.6 is 0 Å². The lowest BCUT2D eigenvalue weighted by molar-refractivity contribution is -0.135. The predicted octanol–water partition coefficient (Wildman–Crippen LogP) is 4.85. The Kier molecular flexibility index (Phi) is 6.80. The average molecular weight is 344 g/mol. The van der Waals surface area contributed by atoms with E-state index in [4.69, 9.17) is 4.74 Å². The summed E-state index contributed by atoms with van der Waals surface area (Å²) >= 11 is 0. The lowest BCUT2D eigenvalue weighted by Gasteiger charge is -2.40. The molecular weight excluding hydrogens is 316 g/mol. The van der Waals surface area contributed by atoms with Gasteiger partial charge in [-0.1, -0.05) is 57.4 Å². The third-order valence-corrected chi connectivity index (χ3v) is 5.27. The molecule has 1 aliphatic rings. The quantitative estimate of drug-likeness (QED) is 0.567. The summed E-state index contributed by atoms with van der Waals surface area (Å²) in [6.45, 7) is 3.97. The highest BCUT2D eigenvalue weighted by molar-refractivity contribution is 5.90. The summed E-state index contributed by atoms with van der Waals surface area (Å²) in [5, 5.41) is 9.74. The lowest BCUT2D eigenvalue weighted by Crippen LogP contribution is -2.39. The molecule has 0 aliphatic heterocycles. The number of allylic oxidation sites excluding steroid dienone is 1. The molecule has 1 aliphatic carbocycles. The molecule has 0 amide bonds. The van der Waals surface area contributed by atoms with Gasteiger partial charge in [0, 0.05) is 11.0 Å². The minimum Gasteiger partial charge on any atom is -0.478 e. The molecule has 1 atom stereocenters. The molecule has 25 heavy (non-hydrogen) atoms. The first-order valence-corrected chi connectivity index (χ1v) is 9.15. The molecule has 136 valence electrons. The Hall–Kier alpha value is -2.10. The van der Waals surface area contributed by atoms with Crippen LogP contribution in [0.3, 0.4) is 0 Å². The number of benzene rings is 1. The fourth-order valence-corrected chi connectivity index (χ4v) is 3.80. The van der Waals surface area contributed by atoms with E-state index in [1.165, 1.54) is 6.42 Å². The number of hydrogen-bond acceptors (Lipinski definition) is 3. The van der Waals surface area contributed by atoms with E-state index in [1.807, 2.05) is 19.9 Å². The summed E-state index contributed by atoms with van der Waals surface area (Å²) in [6, 6.07) is 8.84. The Morgan fingerprint density at radius 2 is 1.84 bits per heavy atom. The van der Waals surface area contributed by atoms with Crippen LogP contribution in [0, 0.1) is 11.3 Å². The third-order valence-electron chi connectivity index (χ3n) is 5.27. The highest BCUT2D eigenvalue weighted by Gasteiger charge is 2.42. The number of hydrogen-bond donors (Lipinski definition) is 1. The van der Waals surface area contributed by atoms with Crippen LogP contribution in [0.4, 0.5) is 0 Å². The standard InChI is InChI=1S/C21H28O4/c1-3-10-18(19(22)23)21(2,17-13-8-5-9-14-17)15-25-20(24)16-11-6-4-7-12-16/h4,6-7,10-12,17H,3,5,8-9,13-15H2,1-2H3,(H,22,23). The van der Waals surface area contributed by atoms with Gasteiger partial charge in [0.1, 0.15) is 6.61 Å². The number of carbonyl (C=O) groups is 2. The molecule has 1 N–H and O–H groups in total. The Bertz CT molecular complexity index is 614. The van der Waals surface area contributed by atoms with Crippen molar-refractivity contribution in [3.8, 4) is 0 Å².